The second-order valence-electron chi connectivity index (χ2n) is 4.53. The molecule has 0 saturated heterocycles. The van der Waals surface area contributed by atoms with Crippen LogP contribution >= 0.6 is 0 Å². The number of hydrogen-bond donors (Lipinski definition) is 3. The van der Waals surface area contributed by atoms with E-state index in [1.165, 1.54) is 0 Å². The van der Waals surface area contributed by atoms with E-state index in [9.17, 15) is 9.59 Å². The van der Waals surface area contributed by atoms with Gasteiger partial charge in [-0.05, 0) is 25.7 Å². The molecule has 0 radical (unpaired) electrons. The molecule has 5 heteroatoms. The van der Waals surface area contributed by atoms with Crippen LogP contribution in [0.25, 0.3) is 0 Å². The molecule has 4 N–H and O–H groups in total. The monoisotopic (exact) mass is 228 g/mol. The highest BCUT2D eigenvalue weighted by Crippen LogP contribution is 2.24. The lowest BCUT2D eigenvalue weighted by molar-refractivity contribution is -0.142. The third kappa shape index (κ3) is 3.48. The molecule has 0 heterocycles. The molecule has 0 aromatic heterocycles. The van der Waals surface area contributed by atoms with Gasteiger partial charge in [-0.25, -0.2) is 0 Å². The van der Waals surface area contributed by atoms with Crippen molar-refractivity contribution in [1.29, 1.82) is 0 Å². The van der Waals surface area contributed by atoms with Crippen molar-refractivity contribution in [3.8, 4) is 0 Å². The number of aliphatic carboxylic acids is 1. The molecular formula is C11H20N2O3. The number of nitrogens with one attached hydrogen (secondary N) is 1. The van der Waals surface area contributed by atoms with Crippen molar-refractivity contribution in [2.24, 2.45) is 17.6 Å². The fourth-order valence-electron chi connectivity index (χ4n) is 1.94. The summed E-state index contributed by atoms with van der Waals surface area (Å²) >= 11 is 0. The summed E-state index contributed by atoms with van der Waals surface area (Å²) in [6.45, 7) is 2.13. The predicted octanol–water partition coefficient (Wildman–Crippen LogP) is 0.341. The molecule has 0 aromatic carbocycles. The van der Waals surface area contributed by atoms with Crippen LogP contribution in [0.4, 0.5) is 0 Å². The van der Waals surface area contributed by atoms with E-state index in [-0.39, 0.29) is 23.8 Å². The summed E-state index contributed by atoms with van der Waals surface area (Å²) in [5.74, 6) is -1.15. The van der Waals surface area contributed by atoms with Gasteiger partial charge in [-0.1, -0.05) is 6.92 Å². The number of nitrogens with two attached hydrogens (primary N) is 1. The normalized spacial score (nSPS) is 27.1. The van der Waals surface area contributed by atoms with Crippen molar-refractivity contribution in [2.45, 2.75) is 38.6 Å². The summed E-state index contributed by atoms with van der Waals surface area (Å²) in [7, 11) is 0. The Bertz CT molecular complexity index is 260. The standard InChI is InChI=1S/C11H20N2O3/c1-7(6-12)10(14)13-9-4-2-8(3-5-9)11(15)16/h7-9H,2-6,12H2,1H3,(H,13,14)(H,15,16). The molecular weight excluding hydrogens is 208 g/mol. The minimum absolute atomic E-state index is 0.0266. The topological polar surface area (TPSA) is 92.4 Å². The van der Waals surface area contributed by atoms with Crippen molar-refractivity contribution >= 4 is 11.9 Å². The van der Waals surface area contributed by atoms with Gasteiger partial charge in [0, 0.05) is 18.5 Å². The minimum Gasteiger partial charge on any atom is -0.481 e. The number of carbonyl (C=O) groups excluding carboxylic acids is 1. The first-order chi connectivity index (χ1) is 7.54. The van der Waals surface area contributed by atoms with E-state index in [1.807, 2.05) is 0 Å². The molecule has 1 saturated carbocycles. The SMILES string of the molecule is CC(CN)C(=O)NC1CCC(C(=O)O)CC1. The van der Waals surface area contributed by atoms with Crippen LogP contribution in [0.2, 0.25) is 0 Å². The van der Waals surface area contributed by atoms with E-state index < -0.39 is 5.97 Å². The van der Waals surface area contributed by atoms with Crippen molar-refractivity contribution in [1.82, 2.24) is 5.32 Å². The molecule has 5 nitrogen and oxygen atoms in total. The van der Waals surface area contributed by atoms with E-state index >= 15 is 0 Å². The van der Waals surface area contributed by atoms with E-state index in [4.69, 9.17) is 10.8 Å². The van der Waals surface area contributed by atoms with Crippen LogP contribution in [0.5, 0.6) is 0 Å². The van der Waals surface area contributed by atoms with E-state index in [2.05, 4.69) is 5.32 Å². The Morgan fingerprint density at radius 3 is 2.38 bits per heavy atom. The van der Waals surface area contributed by atoms with Crippen molar-refractivity contribution in [2.75, 3.05) is 6.54 Å². The maximum absolute atomic E-state index is 11.6. The summed E-state index contributed by atoms with van der Waals surface area (Å²) < 4.78 is 0. The Morgan fingerprint density at radius 1 is 1.38 bits per heavy atom. The zero-order chi connectivity index (χ0) is 12.1. The largest absolute Gasteiger partial charge is 0.481 e. The highest BCUT2D eigenvalue weighted by Gasteiger charge is 2.27. The highest BCUT2D eigenvalue weighted by molar-refractivity contribution is 5.78. The first kappa shape index (κ1) is 13.0. The smallest absolute Gasteiger partial charge is 0.306 e. The van der Waals surface area contributed by atoms with Gasteiger partial charge in [-0.2, -0.15) is 0 Å². The molecule has 1 fully saturated rings. The quantitative estimate of drug-likeness (QED) is 0.647. The van der Waals surface area contributed by atoms with Crippen LogP contribution in [0, 0.1) is 11.8 Å². The van der Waals surface area contributed by atoms with Gasteiger partial charge in [0.05, 0.1) is 5.92 Å². The molecule has 0 aromatic rings. The molecule has 1 aliphatic rings. The summed E-state index contributed by atoms with van der Waals surface area (Å²) in [4.78, 5) is 22.3. The Hall–Kier alpha value is -1.10. The number of carboxylic acid groups (broad SMARTS) is 1. The van der Waals surface area contributed by atoms with E-state index in [1.54, 1.807) is 6.92 Å². The first-order valence-electron chi connectivity index (χ1n) is 5.77. The van der Waals surface area contributed by atoms with Gasteiger partial charge >= 0.3 is 5.97 Å². The molecule has 1 rings (SSSR count). The summed E-state index contributed by atoms with van der Waals surface area (Å²) in [6, 6.07) is 0.122. The number of rotatable bonds is 4. The predicted molar refractivity (Wildman–Crippen MR) is 59.7 cm³/mol. The molecule has 0 spiro atoms. The van der Waals surface area contributed by atoms with Gasteiger partial charge in [-0.15, -0.1) is 0 Å². The maximum atomic E-state index is 11.6. The van der Waals surface area contributed by atoms with Crippen LogP contribution in [0.15, 0.2) is 0 Å². The molecule has 92 valence electrons. The number of amides is 1. The molecule has 1 atom stereocenters. The Morgan fingerprint density at radius 2 is 1.94 bits per heavy atom. The molecule has 0 aliphatic heterocycles. The maximum Gasteiger partial charge on any atom is 0.306 e. The van der Waals surface area contributed by atoms with Crippen LogP contribution in [-0.4, -0.2) is 29.6 Å². The van der Waals surface area contributed by atoms with Gasteiger partial charge in [0.25, 0.3) is 0 Å². The number of carboxylic acids is 1. The number of carbonyl (C=O) groups is 2. The Balaban J connectivity index is 2.32. The molecule has 0 bridgehead atoms. The first-order valence-corrected chi connectivity index (χ1v) is 5.77. The van der Waals surface area contributed by atoms with E-state index in [0.29, 0.717) is 19.4 Å². The van der Waals surface area contributed by atoms with Gasteiger partial charge < -0.3 is 16.2 Å². The zero-order valence-corrected chi connectivity index (χ0v) is 9.61. The lowest BCUT2D eigenvalue weighted by Crippen LogP contribution is -2.42. The van der Waals surface area contributed by atoms with E-state index in [0.717, 1.165) is 12.8 Å². The minimum atomic E-state index is -0.722. The average Bonchev–Trinajstić information content (AvgIpc) is 2.28. The fraction of sp³-hybridized carbons (Fsp3) is 0.818. The second kappa shape index (κ2) is 5.84. The molecule has 1 amide bonds. The number of hydrogen-bond acceptors (Lipinski definition) is 3. The van der Waals surface area contributed by atoms with Gasteiger partial charge in [-0.3, -0.25) is 9.59 Å². The lowest BCUT2D eigenvalue weighted by Gasteiger charge is -2.27. The third-order valence-electron chi connectivity index (χ3n) is 3.22. The van der Waals surface area contributed by atoms with Crippen LogP contribution in [-0.2, 0) is 9.59 Å². The zero-order valence-electron chi connectivity index (χ0n) is 9.61. The Kier molecular flexibility index (Phi) is 4.73. The lowest BCUT2D eigenvalue weighted by atomic mass is 9.86. The summed E-state index contributed by atoms with van der Waals surface area (Å²) in [5.41, 5.74) is 5.40. The van der Waals surface area contributed by atoms with Gasteiger partial charge in [0.1, 0.15) is 0 Å². The van der Waals surface area contributed by atoms with Crippen molar-refractivity contribution < 1.29 is 14.7 Å². The van der Waals surface area contributed by atoms with Crippen LogP contribution in [0.1, 0.15) is 32.6 Å². The summed E-state index contributed by atoms with van der Waals surface area (Å²) in [6.07, 6.45) is 2.80. The summed E-state index contributed by atoms with van der Waals surface area (Å²) in [5, 5.41) is 11.7. The van der Waals surface area contributed by atoms with Crippen LogP contribution in [0.3, 0.4) is 0 Å². The molecule has 1 unspecified atom stereocenters. The Labute approximate surface area is 95.4 Å². The van der Waals surface area contributed by atoms with Crippen molar-refractivity contribution in [3.63, 3.8) is 0 Å². The molecule has 1 aliphatic carbocycles. The van der Waals surface area contributed by atoms with Gasteiger partial charge in [0.15, 0.2) is 0 Å². The average molecular weight is 228 g/mol. The van der Waals surface area contributed by atoms with Crippen molar-refractivity contribution in [3.05, 3.63) is 0 Å². The van der Waals surface area contributed by atoms with Gasteiger partial charge in [0.2, 0.25) is 5.91 Å². The molecule has 16 heavy (non-hydrogen) atoms. The highest BCUT2D eigenvalue weighted by atomic mass is 16.4. The second-order valence-corrected chi connectivity index (χ2v) is 4.53. The van der Waals surface area contributed by atoms with Crippen LogP contribution < -0.4 is 11.1 Å². The fourth-order valence-corrected chi connectivity index (χ4v) is 1.94. The third-order valence-corrected chi connectivity index (χ3v) is 3.22.